The maximum absolute atomic E-state index is 3.77. The SMILES string of the molecule is CCNc1cccc(-n2cnnc2)c1. The number of hydrogen-bond donors (Lipinski definition) is 1. The van der Waals surface area contributed by atoms with Gasteiger partial charge in [0.2, 0.25) is 0 Å². The van der Waals surface area contributed by atoms with E-state index in [1.165, 1.54) is 0 Å². The van der Waals surface area contributed by atoms with Gasteiger partial charge in [0.05, 0.1) is 5.69 Å². The summed E-state index contributed by atoms with van der Waals surface area (Å²) in [5.41, 5.74) is 2.17. The summed E-state index contributed by atoms with van der Waals surface area (Å²) in [6.45, 7) is 3.00. The lowest BCUT2D eigenvalue weighted by atomic mass is 10.3. The number of anilines is 1. The van der Waals surface area contributed by atoms with Crippen molar-refractivity contribution in [2.45, 2.75) is 6.92 Å². The molecular formula is C10H12N4. The van der Waals surface area contributed by atoms with Gasteiger partial charge in [-0.25, -0.2) is 0 Å². The van der Waals surface area contributed by atoms with Gasteiger partial charge in [0.1, 0.15) is 12.7 Å². The predicted octanol–water partition coefficient (Wildman–Crippen LogP) is 1.70. The molecule has 0 saturated heterocycles. The Morgan fingerprint density at radius 2 is 2.07 bits per heavy atom. The Hall–Kier alpha value is -1.84. The van der Waals surface area contributed by atoms with Gasteiger partial charge in [-0.2, -0.15) is 0 Å². The average molecular weight is 188 g/mol. The van der Waals surface area contributed by atoms with Crippen molar-refractivity contribution < 1.29 is 0 Å². The van der Waals surface area contributed by atoms with E-state index >= 15 is 0 Å². The molecule has 0 saturated carbocycles. The van der Waals surface area contributed by atoms with Crippen LogP contribution in [0.5, 0.6) is 0 Å². The van der Waals surface area contributed by atoms with Gasteiger partial charge in [0.15, 0.2) is 0 Å². The van der Waals surface area contributed by atoms with Gasteiger partial charge in [-0.05, 0) is 25.1 Å². The molecule has 14 heavy (non-hydrogen) atoms. The van der Waals surface area contributed by atoms with E-state index < -0.39 is 0 Å². The van der Waals surface area contributed by atoms with Crippen molar-refractivity contribution in [3.05, 3.63) is 36.9 Å². The number of rotatable bonds is 3. The summed E-state index contributed by atoms with van der Waals surface area (Å²) in [5.74, 6) is 0. The molecule has 0 aliphatic heterocycles. The smallest absolute Gasteiger partial charge is 0.123 e. The number of benzene rings is 1. The molecule has 0 radical (unpaired) electrons. The number of hydrogen-bond acceptors (Lipinski definition) is 3. The third kappa shape index (κ3) is 1.74. The van der Waals surface area contributed by atoms with E-state index in [0.717, 1.165) is 17.9 Å². The summed E-state index contributed by atoms with van der Waals surface area (Å²) in [4.78, 5) is 0. The van der Waals surface area contributed by atoms with Crippen LogP contribution in [0.3, 0.4) is 0 Å². The first kappa shape index (κ1) is 8.74. The van der Waals surface area contributed by atoms with Crippen LogP contribution in [0.15, 0.2) is 36.9 Å². The molecule has 2 aromatic rings. The van der Waals surface area contributed by atoms with Crippen LogP contribution in [0.1, 0.15) is 6.92 Å². The predicted molar refractivity (Wildman–Crippen MR) is 55.5 cm³/mol. The normalized spacial score (nSPS) is 10.1. The first-order valence-electron chi connectivity index (χ1n) is 4.59. The van der Waals surface area contributed by atoms with Gasteiger partial charge >= 0.3 is 0 Å². The second-order valence-corrected chi connectivity index (χ2v) is 2.95. The molecule has 0 aliphatic carbocycles. The second kappa shape index (κ2) is 3.91. The van der Waals surface area contributed by atoms with E-state index in [0.29, 0.717) is 0 Å². The maximum Gasteiger partial charge on any atom is 0.123 e. The Bertz CT molecular complexity index is 394. The lowest BCUT2D eigenvalue weighted by Gasteiger charge is -2.05. The molecule has 0 spiro atoms. The van der Waals surface area contributed by atoms with E-state index in [-0.39, 0.29) is 0 Å². The van der Waals surface area contributed by atoms with Crippen LogP contribution in [0.4, 0.5) is 5.69 Å². The van der Waals surface area contributed by atoms with Crippen LogP contribution in [0.2, 0.25) is 0 Å². The number of nitrogens with one attached hydrogen (secondary N) is 1. The summed E-state index contributed by atoms with van der Waals surface area (Å²) < 4.78 is 1.88. The average Bonchev–Trinajstić information content (AvgIpc) is 2.71. The zero-order valence-corrected chi connectivity index (χ0v) is 8.01. The van der Waals surface area contributed by atoms with E-state index in [1.807, 2.05) is 22.8 Å². The van der Waals surface area contributed by atoms with Gasteiger partial charge in [0, 0.05) is 12.2 Å². The Morgan fingerprint density at radius 3 is 2.79 bits per heavy atom. The summed E-state index contributed by atoms with van der Waals surface area (Å²) >= 11 is 0. The van der Waals surface area contributed by atoms with Crippen molar-refractivity contribution in [1.29, 1.82) is 0 Å². The molecule has 0 atom stereocenters. The fraction of sp³-hybridized carbons (Fsp3) is 0.200. The summed E-state index contributed by atoms with van der Waals surface area (Å²) in [5, 5.41) is 10.8. The highest BCUT2D eigenvalue weighted by atomic mass is 15.2. The molecule has 2 rings (SSSR count). The van der Waals surface area contributed by atoms with Gasteiger partial charge in [-0.3, -0.25) is 4.57 Å². The van der Waals surface area contributed by atoms with E-state index in [9.17, 15) is 0 Å². The van der Waals surface area contributed by atoms with Crippen LogP contribution < -0.4 is 5.32 Å². The van der Waals surface area contributed by atoms with Crippen molar-refractivity contribution in [3.63, 3.8) is 0 Å². The van der Waals surface area contributed by atoms with Crippen LogP contribution in [-0.2, 0) is 0 Å². The number of nitrogens with zero attached hydrogens (tertiary/aromatic N) is 3. The standard InChI is InChI=1S/C10H12N4/c1-2-11-9-4-3-5-10(6-9)14-7-12-13-8-14/h3-8,11H,2H2,1H3. The van der Waals surface area contributed by atoms with Gasteiger partial charge in [-0.15, -0.1) is 10.2 Å². The summed E-state index contributed by atoms with van der Waals surface area (Å²) in [7, 11) is 0. The Balaban J connectivity index is 2.31. The molecule has 1 aromatic heterocycles. The maximum atomic E-state index is 3.77. The van der Waals surface area contributed by atoms with Crippen LogP contribution in [-0.4, -0.2) is 21.3 Å². The molecule has 0 bridgehead atoms. The van der Waals surface area contributed by atoms with Crippen molar-refractivity contribution in [2.75, 3.05) is 11.9 Å². The van der Waals surface area contributed by atoms with Crippen LogP contribution in [0.25, 0.3) is 5.69 Å². The largest absolute Gasteiger partial charge is 0.385 e. The second-order valence-electron chi connectivity index (χ2n) is 2.95. The lowest BCUT2D eigenvalue weighted by Crippen LogP contribution is -1.97. The third-order valence-electron chi connectivity index (χ3n) is 1.94. The monoisotopic (exact) mass is 188 g/mol. The molecule has 4 nitrogen and oxygen atoms in total. The molecule has 0 aliphatic rings. The van der Waals surface area contributed by atoms with Gasteiger partial charge in [0.25, 0.3) is 0 Å². The highest BCUT2D eigenvalue weighted by Gasteiger charge is 1.96. The Kier molecular flexibility index (Phi) is 2.44. The zero-order valence-electron chi connectivity index (χ0n) is 8.01. The molecular weight excluding hydrogens is 176 g/mol. The van der Waals surface area contributed by atoms with E-state index in [1.54, 1.807) is 12.7 Å². The molecule has 4 heteroatoms. The minimum absolute atomic E-state index is 0.922. The number of aromatic nitrogens is 3. The summed E-state index contributed by atoms with van der Waals surface area (Å²) in [6, 6.07) is 8.13. The van der Waals surface area contributed by atoms with Gasteiger partial charge < -0.3 is 5.32 Å². The quantitative estimate of drug-likeness (QED) is 0.797. The zero-order chi connectivity index (χ0) is 9.80. The molecule has 1 aromatic carbocycles. The van der Waals surface area contributed by atoms with Crippen LogP contribution >= 0.6 is 0 Å². The first-order valence-corrected chi connectivity index (χ1v) is 4.59. The molecule has 0 unspecified atom stereocenters. The lowest BCUT2D eigenvalue weighted by molar-refractivity contribution is 1.05. The fourth-order valence-corrected chi connectivity index (χ4v) is 1.31. The van der Waals surface area contributed by atoms with Gasteiger partial charge in [-0.1, -0.05) is 6.07 Å². The molecule has 1 heterocycles. The molecule has 1 N–H and O–H groups in total. The topological polar surface area (TPSA) is 42.7 Å². The highest BCUT2D eigenvalue weighted by Crippen LogP contribution is 2.13. The highest BCUT2D eigenvalue weighted by molar-refractivity contribution is 5.50. The Labute approximate surface area is 82.6 Å². The van der Waals surface area contributed by atoms with Crippen molar-refractivity contribution >= 4 is 5.69 Å². The van der Waals surface area contributed by atoms with Crippen molar-refractivity contribution in [3.8, 4) is 5.69 Å². The third-order valence-corrected chi connectivity index (χ3v) is 1.94. The minimum Gasteiger partial charge on any atom is -0.385 e. The first-order chi connectivity index (χ1) is 6.90. The van der Waals surface area contributed by atoms with E-state index in [2.05, 4.69) is 28.5 Å². The van der Waals surface area contributed by atoms with Crippen molar-refractivity contribution in [1.82, 2.24) is 14.8 Å². The Morgan fingerprint density at radius 1 is 1.29 bits per heavy atom. The van der Waals surface area contributed by atoms with Crippen molar-refractivity contribution in [2.24, 2.45) is 0 Å². The molecule has 0 fully saturated rings. The van der Waals surface area contributed by atoms with E-state index in [4.69, 9.17) is 0 Å². The summed E-state index contributed by atoms with van der Waals surface area (Å²) in [6.07, 6.45) is 3.37. The molecule has 0 amide bonds. The fourth-order valence-electron chi connectivity index (χ4n) is 1.31. The van der Waals surface area contributed by atoms with Crippen LogP contribution in [0, 0.1) is 0 Å². The minimum atomic E-state index is 0.922. The molecule has 72 valence electrons.